The second-order valence-corrected chi connectivity index (χ2v) is 5.44. The molecular formula is C14H11BrF3NO2. The van der Waals surface area contributed by atoms with Gasteiger partial charge in [0, 0.05) is 16.7 Å². The lowest BCUT2D eigenvalue weighted by Gasteiger charge is -2.17. The van der Waals surface area contributed by atoms with E-state index >= 15 is 0 Å². The van der Waals surface area contributed by atoms with E-state index in [9.17, 15) is 18.0 Å². The van der Waals surface area contributed by atoms with Crippen molar-refractivity contribution in [2.75, 3.05) is 11.9 Å². The molecule has 1 unspecified atom stereocenters. The summed E-state index contributed by atoms with van der Waals surface area (Å²) in [6.07, 6.45) is -4.78. The zero-order chi connectivity index (χ0) is 15.6. The second-order valence-electron chi connectivity index (χ2n) is 4.52. The molecule has 2 aromatic rings. The SMILES string of the molecule is O=C(O)C(CNc1ccc2cc(Br)ccc2c1)C(F)(F)F. The van der Waals surface area contributed by atoms with Crippen LogP contribution in [0.4, 0.5) is 18.9 Å². The second kappa shape index (κ2) is 5.93. The van der Waals surface area contributed by atoms with Crippen LogP contribution >= 0.6 is 15.9 Å². The summed E-state index contributed by atoms with van der Waals surface area (Å²) in [5.41, 5.74) is 0.445. The smallest absolute Gasteiger partial charge is 0.403 e. The Morgan fingerprint density at radius 2 is 1.81 bits per heavy atom. The standard InChI is InChI=1S/C14H11BrF3NO2/c15-10-3-1-9-6-11(4-2-8(9)5-10)19-7-12(13(20)21)14(16,17)18/h1-6,12,19H,7H2,(H,20,21). The van der Waals surface area contributed by atoms with Crippen molar-refractivity contribution in [3.63, 3.8) is 0 Å². The topological polar surface area (TPSA) is 49.3 Å². The fourth-order valence-electron chi connectivity index (χ4n) is 1.89. The van der Waals surface area contributed by atoms with E-state index in [4.69, 9.17) is 5.11 Å². The van der Waals surface area contributed by atoms with Gasteiger partial charge in [0.15, 0.2) is 5.92 Å². The van der Waals surface area contributed by atoms with E-state index in [0.29, 0.717) is 5.69 Å². The third-order valence-corrected chi connectivity index (χ3v) is 3.50. The van der Waals surface area contributed by atoms with Crippen molar-refractivity contribution in [2.24, 2.45) is 5.92 Å². The van der Waals surface area contributed by atoms with Crippen molar-refractivity contribution in [1.82, 2.24) is 0 Å². The Balaban J connectivity index is 2.16. The predicted octanol–water partition coefficient (Wildman–Crippen LogP) is 4.28. The average molecular weight is 362 g/mol. The van der Waals surface area contributed by atoms with Crippen LogP contribution in [0.3, 0.4) is 0 Å². The van der Waals surface area contributed by atoms with Crippen molar-refractivity contribution in [1.29, 1.82) is 0 Å². The molecule has 0 spiro atoms. The Bertz CT molecular complexity index is 673. The summed E-state index contributed by atoms with van der Waals surface area (Å²) < 4.78 is 38.5. The van der Waals surface area contributed by atoms with Crippen LogP contribution in [0.2, 0.25) is 0 Å². The van der Waals surface area contributed by atoms with Crippen LogP contribution in [0.1, 0.15) is 0 Å². The number of hydrogen-bond donors (Lipinski definition) is 2. The maximum Gasteiger partial charge on any atom is 0.403 e. The maximum atomic E-state index is 12.5. The number of fused-ring (bicyclic) bond motifs is 1. The first kappa shape index (κ1) is 15.6. The van der Waals surface area contributed by atoms with Crippen LogP contribution < -0.4 is 5.32 Å². The minimum Gasteiger partial charge on any atom is -0.481 e. The molecule has 0 saturated carbocycles. The number of carboxylic acids is 1. The lowest BCUT2D eigenvalue weighted by Crippen LogP contribution is -2.36. The van der Waals surface area contributed by atoms with Crippen molar-refractivity contribution < 1.29 is 23.1 Å². The lowest BCUT2D eigenvalue weighted by molar-refractivity contribution is -0.190. The van der Waals surface area contributed by atoms with Crippen LogP contribution in [0.25, 0.3) is 10.8 Å². The third kappa shape index (κ3) is 3.87. The average Bonchev–Trinajstić information content (AvgIpc) is 2.37. The highest BCUT2D eigenvalue weighted by molar-refractivity contribution is 9.10. The first-order chi connectivity index (χ1) is 9.77. The molecule has 1 atom stereocenters. The van der Waals surface area contributed by atoms with E-state index in [0.717, 1.165) is 15.2 Å². The normalized spacial score (nSPS) is 13.1. The van der Waals surface area contributed by atoms with Crippen LogP contribution in [-0.2, 0) is 4.79 Å². The molecule has 0 fully saturated rings. The fourth-order valence-corrected chi connectivity index (χ4v) is 2.27. The van der Waals surface area contributed by atoms with E-state index in [1.54, 1.807) is 18.2 Å². The molecule has 2 aromatic carbocycles. The van der Waals surface area contributed by atoms with E-state index in [2.05, 4.69) is 21.2 Å². The Hall–Kier alpha value is -1.76. The van der Waals surface area contributed by atoms with Crippen molar-refractivity contribution in [3.05, 3.63) is 40.9 Å². The summed E-state index contributed by atoms with van der Waals surface area (Å²) >= 11 is 3.33. The van der Waals surface area contributed by atoms with E-state index in [1.807, 2.05) is 18.2 Å². The quantitative estimate of drug-likeness (QED) is 0.854. The Labute approximate surface area is 126 Å². The van der Waals surface area contributed by atoms with Gasteiger partial charge in [0.25, 0.3) is 0 Å². The maximum absolute atomic E-state index is 12.5. The van der Waals surface area contributed by atoms with E-state index in [1.165, 1.54) is 0 Å². The van der Waals surface area contributed by atoms with Gasteiger partial charge in [0.05, 0.1) is 0 Å². The summed E-state index contributed by atoms with van der Waals surface area (Å²) in [5, 5.41) is 12.9. The van der Waals surface area contributed by atoms with Gasteiger partial charge in [-0.15, -0.1) is 0 Å². The minimum absolute atomic E-state index is 0.445. The number of alkyl halides is 3. The van der Waals surface area contributed by atoms with Gasteiger partial charge in [-0.2, -0.15) is 13.2 Å². The minimum atomic E-state index is -4.78. The number of rotatable bonds is 4. The Morgan fingerprint density at radius 1 is 1.19 bits per heavy atom. The molecule has 0 aliphatic carbocycles. The molecular weight excluding hydrogens is 351 g/mol. The first-order valence-corrected chi connectivity index (χ1v) is 6.79. The van der Waals surface area contributed by atoms with Gasteiger partial charge >= 0.3 is 12.1 Å². The summed E-state index contributed by atoms with van der Waals surface area (Å²) in [6, 6.07) is 10.6. The summed E-state index contributed by atoms with van der Waals surface area (Å²) in [7, 11) is 0. The van der Waals surface area contributed by atoms with Crippen molar-refractivity contribution >= 4 is 38.4 Å². The highest BCUT2D eigenvalue weighted by Crippen LogP contribution is 2.28. The summed E-state index contributed by atoms with van der Waals surface area (Å²) in [6.45, 7) is -0.707. The molecule has 0 aromatic heterocycles. The lowest BCUT2D eigenvalue weighted by atomic mass is 10.1. The molecule has 7 heteroatoms. The molecule has 2 N–H and O–H groups in total. The predicted molar refractivity (Wildman–Crippen MR) is 77.3 cm³/mol. The first-order valence-electron chi connectivity index (χ1n) is 6.00. The molecule has 0 radical (unpaired) electrons. The number of aliphatic carboxylic acids is 1. The van der Waals surface area contributed by atoms with Crippen LogP contribution in [-0.4, -0.2) is 23.8 Å². The number of hydrogen-bond acceptors (Lipinski definition) is 2. The summed E-state index contributed by atoms with van der Waals surface area (Å²) in [4.78, 5) is 10.7. The molecule has 0 heterocycles. The number of nitrogens with one attached hydrogen (secondary N) is 1. The highest BCUT2D eigenvalue weighted by atomic mass is 79.9. The summed E-state index contributed by atoms with van der Waals surface area (Å²) in [5.74, 6) is -4.32. The zero-order valence-corrected chi connectivity index (χ0v) is 12.2. The number of benzene rings is 2. The molecule has 3 nitrogen and oxygen atoms in total. The molecule has 0 aliphatic rings. The zero-order valence-electron chi connectivity index (χ0n) is 10.6. The van der Waals surface area contributed by atoms with Gasteiger partial charge in [-0.1, -0.05) is 28.1 Å². The number of carbonyl (C=O) groups is 1. The van der Waals surface area contributed by atoms with Crippen LogP contribution in [0.5, 0.6) is 0 Å². The molecule has 21 heavy (non-hydrogen) atoms. The molecule has 0 bridgehead atoms. The number of anilines is 1. The van der Waals surface area contributed by atoms with Crippen LogP contribution in [0.15, 0.2) is 40.9 Å². The molecule has 2 rings (SSSR count). The molecule has 0 amide bonds. The largest absolute Gasteiger partial charge is 0.481 e. The van der Waals surface area contributed by atoms with Gasteiger partial charge < -0.3 is 10.4 Å². The van der Waals surface area contributed by atoms with Gasteiger partial charge in [0.2, 0.25) is 0 Å². The van der Waals surface area contributed by atoms with Gasteiger partial charge in [-0.05, 0) is 35.0 Å². The van der Waals surface area contributed by atoms with Crippen molar-refractivity contribution in [2.45, 2.75) is 6.18 Å². The van der Waals surface area contributed by atoms with E-state index < -0.39 is 24.6 Å². The Kier molecular flexibility index (Phi) is 4.41. The van der Waals surface area contributed by atoms with Gasteiger partial charge in [-0.25, -0.2) is 0 Å². The van der Waals surface area contributed by atoms with Crippen LogP contribution in [0, 0.1) is 5.92 Å². The monoisotopic (exact) mass is 361 g/mol. The van der Waals surface area contributed by atoms with Gasteiger partial charge in [-0.3, -0.25) is 4.79 Å². The number of halogens is 4. The van der Waals surface area contributed by atoms with E-state index in [-0.39, 0.29) is 0 Å². The molecule has 0 aliphatic heterocycles. The Morgan fingerprint density at radius 3 is 2.43 bits per heavy atom. The van der Waals surface area contributed by atoms with Crippen molar-refractivity contribution in [3.8, 4) is 0 Å². The molecule has 112 valence electrons. The third-order valence-electron chi connectivity index (χ3n) is 3.01. The van der Waals surface area contributed by atoms with Gasteiger partial charge in [0.1, 0.15) is 0 Å². The number of carboxylic acid groups (broad SMARTS) is 1. The molecule has 0 saturated heterocycles. The highest BCUT2D eigenvalue weighted by Gasteiger charge is 2.44. The fraction of sp³-hybridized carbons (Fsp3) is 0.214.